The molecule has 20 heavy (non-hydrogen) atoms. The summed E-state index contributed by atoms with van der Waals surface area (Å²) in [6, 6.07) is 6.02. The molecule has 5 heteroatoms. The molecule has 0 bridgehead atoms. The van der Waals surface area contributed by atoms with Crippen molar-refractivity contribution in [3.8, 4) is 11.5 Å². The van der Waals surface area contributed by atoms with Crippen molar-refractivity contribution in [3.63, 3.8) is 0 Å². The summed E-state index contributed by atoms with van der Waals surface area (Å²) in [6.07, 6.45) is 0.265. The maximum atomic E-state index is 5.72. The van der Waals surface area contributed by atoms with E-state index in [1.54, 1.807) is 14.2 Å². The van der Waals surface area contributed by atoms with Crippen molar-refractivity contribution >= 4 is 0 Å². The van der Waals surface area contributed by atoms with E-state index in [1.165, 1.54) is 5.56 Å². The zero-order valence-corrected chi connectivity index (χ0v) is 12.5. The maximum Gasteiger partial charge on any atom is 0.122 e. The highest BCUT2D eigenvalue weighted by molar-refractivity contribution is 5.38. The van der Waals surface area contributed by atoms with Crippen molar-refractivity contribution < 1.29 is 14.2 Å². The maximum absolute atomic E-state index is 5.72. The van der Waals surface area contributed by atoms with Crippen LogP contribution in [0.5, 0.6) is 11.5 Å². The van der Waals surface area contributed by atoms with Crippen LogP contribution in [0, 0.1) is 0 Å². The Balaban J connectivity index is 2.01. The summed E-state index contributed by atoms with van der Waals surface area (Å²) in [6.45, 7) is 4.46. The summed E-state index contributed by atoms with van der Waals surface area (Å²) in [5.74, 6) is 1.67. The highest BCUT2D eigenvalue weighted by atomic mass is 16.5. The van der Waals surface area contributed by atoms with Gasteiger partial charge in [0.05, 0.1) is 26.9 Å². The first kappa shape index (κ1) is 15.1. The molecule has 1 heterocycles. The number of rotatable bonds is 6. The largest absolute Gasteiger partial charge is 0.497 e. The van der Waals surface area contributed by atoms with Crippen molar-refractivity contribution in [3.05, 3.63) is 23.8 Å². The van der Waals surface area contributed by atoms with Gasteiger partial charge in [0, 0.05) is 32.2 Å². The predicted molar refractivity (Wildman–Crippen MR) is 78.5 cm³/mol. The van der Waals surface area contributed by atoms with Crippen molar-refractivity contribution in [1.29, 1.82) is 0 Å². The van der Waals surface area contributed by atoms with E-state index < -0.39 is 0 Å². The predicted octanol–water partition coefficient (Wildman–Crippen LogP) is 1.12. The second kappa shape index (κ2) is 7.47. The molecule has 1 unspecified atom stereocenters. The summed E-state index contributed by atoms with van der Waals surface area (Å²) in [5, 5.41) is 3.17. The quantitative estimate of drug-likeness (QED) is 0.846. The fraction of sp³-hybridized carbons (Fsp3) is 0.600. The number of morpholine rings is 1. The zero-order chi connectivity index (χ0) is 14.4. The van der Waals surface area contributed by atoms with E-state index in [4.69, 9.17) is 14.2 Å². The van der Waals surface area contributed by atoms with E-state index in [0.29, 0.717) is 0 Å². The number of nitrogens with zero attached hydrogens (tertiary/aromatic N) is 1. The number of likely N-dealkylation sites (N-methyl/N-ethyl adjacent to an activating group) is 1. The average Bonchev–Trinajstić information content (AvgIpc) is 2.47. The van der Waals surface area contributed by atoms with Gasteiger partial charge in [-0.05, 0) is 24.7 Å². The summed E-state index contributed by atoms with van der Waals surface area (Å²) in [4.78, 5) is 2.40. The Bertz CT molecular complexity index is 401. The lowest BCUT2D eigenvalue weighted by Crippen LogP contribution is -2.45. The summed E-state index contributed by atoms with van der Waals surface area (Å²) < 4.78 is 16.3. The molecule has 0 radical (unpaired) electrons. The van der Waals surface area contributed by atoms with Crippen molar-refractivity contribution in [2.45, 2.75) is 12.6 Å². The van der Waals surface area contributed by atoms with Crippen LogP contribution in [-0.4, -0.2) is 58.5 Å². The van der Waals surface area contributed by atoms with E-state index in [0.717, 1.165) is 44.3 Å². The minimum atomic E-state index is 0.265. The van der Waals surface area contributed by atoms with Crippen molar-refractivity contribution in [1.82, 2.24) is 10.2 Å². The number of ether oxygens (including phenoxy) is 3. The molecule has 112 valence electrons. The van der Waals surface area contributed by atoms with Gasteiger partial charge in [0.15, 0.2) is 0 Å². The third-order valence-corrected chi connectivity index (χ3v) is 3.47. The molecule has 0 spiro atoms. The van der Waals surface area contributed by atoms with Gasteiger partial charge in [0.25, 0.3) is 0 Å². The lowest BCUT2D eigenvalue weighted by atomic mass is 10.1. The molecule has 0 aliphatic carbocycles. The number of methoxy groups -OCH3 is 2. The van der Waals surface area contributed by atoms with E-state index in [1.807, 2.05) is 13.1 Å². The van der Waals surface area contributed by atoms with Crippen molar-refractivity contribution in [2.75, 3.05) is 47.5 Å². The molecular weight excluding hydrogens is 256 g/mol. The Morgan fingerprint density at radius 2 is 1.95 bits per heavy atom. The van der Waals surface area contributed by atoms with Crippen LogP contribution in [0.15, 0.2) is 18.2 Å². The fourth-order valence-electron chi connectivity index (χ4n) is 2.49. The molecule has 0 saturated carbocycles. The van der Waals surface area contributed by atoms with Gasteiger partial charge >= 0.3 is 0 Å². The Labute approximate surface area is 120 Å². The van der Waals surface area contributed by atoms with Crippen LogP contribution in [0.1, 0.15) is 5.56 Å². The van der Waals surface area contributed by atoms with Gasteiger partial charge in [0.2, 0.25) is 0 Å². The van der Waals surface area contributed by atoms with Crippen LogP contribution in [-0.2, 0) is 11.3 Å². The lowest BCUT2D eigenvalue weighted by molar-refractivity contribution is -0.0291. The van der Waals surface area contributed by atoms with Crippen LogP contribution in [0.3, 0.4) is 0 Å². The van der Waals surface area contributed by atoms with Gasteiger partial charge < -0.3 is 19.5 Å². The molecule has 1 aliphatic rings. The smallest absolute Gasteiger partial charge is 0.122 e. The number of hydrogen-bond acceptors (Lipinski definition) is 5. The Hall–Kier alpha value is -1.30. The topological polar surface area (TPSA) is 43.0 Å². The summed E-state index contributed by atoms with van der Waals surface area (Å²) in [5.41, 5.74) is 1.20. The first-order valence-corrected chi connectivity index (χ1v) is 6.95. The average molecular weight is 280 g/mol. The van der Waals surface area contributed by atoms with E-state index in [-0.39, 0.29) is 6.10 Å². The normalized spacial score (nSPS) is 19.9. The fourth-order valence-corrected chi connectivity index (χ4v) is 2.49. The van der Waals surface area contributed by atoms with Crippen LogP contribution < -0.4 is 14.8 Å². The molecular formula is C15H24N2O3. The molecule has 1 aromatic carbocycles. The van der Waals surface area contributed by atoms with Gasteiger partial charge in [-0.1, -0.05) is 0 Å². The van der Waals surface area contributed by atoms with Gasteiger partial charge in [-0.2, -0.15) is 0 Å². The minimum Gasteiger partial charge on any atom is -0.497 e. The Morgan fingerprint density at radius 3 is 2.55 bits per heavy atom. The van der Waals surface area contributed by atoms with Crippen LogP contribution in [0.2, 0.25) is 0 Å². The minimum absolute atomic E-state index is 0.265. The summed E-state index contributed by atoms with van der Waals surface area (Å²) in [7, 11) is 5.31. The molecule has 0 amide bonds. The second-order valence-corrected chi connectivity index (χ2v) is 5.01. The molecule has 1 aromatic rings. The Morgan fingerprint density at radius 1 is 1.25 bits per heavy atom. The SMILES string of the molecule is CNCC1CN(Cc2cc(OC)cc(OC)c2)CCO1. The molecule has 1 saturated heterocycles. The third-order valence-electron chi connectivity index (χ3n) is 3.47. The molecule has 0 aromatic heterocycles. The Kier molecular flexibility index (Phi) is 5.64. The van der Waals surface area contributed by atoms with Crippen LogP contribution in [0.25, 0.3) is 0 Å². The van der Waals surface area contributed by atoms with Gasteiger partial charge in [-0.3, -0.25) is 4.90 Å². The van der Waals surface area contributed by atoms with E-state index >= 15 is 0 Å². The third kappa shape index (κ3) is 4.10. The monoisotopic (exact) mass is 280 g/mol. The zero-order valence-electron chi connectivity index (χ0n) is 12.5. The molecule has 1 N–H and O–H groups in total. The van der Waals surface area contributed by atoms with E-state index in [9.17, 15) is 0 Å². The molecule has 2 rings (SSSR count). The van der Waals surface area contributed by atoms with Gasteiger partial charge in [-0.15, -0.1) is 0 Å². The van der Waals surface area contributed by atoms with Crippen molar-refractivity contribution in [2.24, 2.45) is 0 Å². The first-order chi connectivity index (χ1) is 9.75. The molecule has 1 fully saturated rings. The molecule has 1 atom stereocenters. The highest BCUT2D eigenvalue weighted by Gasteiger charge is 2.20. The molecule has 5 nitrogen and oxygen atoms in total. The second-order valence-electron chi connectivity index (χ2n) is 5.01. The number of nitrogens with one attached hydrogen (secondary N) is 1. The van der Waals surface area contributed by atoms with Crippen LogP contribution >= 0.6 is 0 Å². The number of hydrogen-bond donors (Lipinski definition) is 1. The lowest BCUT2D eigenvalue weighted by Gasteiger charge is -2.33. The van der Waals surface area contributed by atoms with Crippen LogP contribution in [0.4, 0.5) is 0 Å². The summed E-state index contributed by atoms with van der Waals surface area (Å²) >= 11 is 0. The standard InChI is InChI=1S/C15H24N2O3/c1-16-9-15-11-17(4-5-20-15)10-12-6-13(18-2)8-14(7-12)19-3/h6-8,15-16H,4-5,9-11H2,1-3H3. The van der Waals surface area contributed by atoms with E-state index in [2.05, 4.69) is 22.3 Å². The van der Waals surface area contributed by atoms with Gasteiger partial charge in [0.1, 0.15) is 11.5 Å². The number of benzene rings is 1. The molecule has 1 aliphatic heterocycles. The van der Waals surface area contributed by atoms with Gasteiger partial charge in [-0.25, -0.2) is 0 Å². The highest BCUT2D eigenvalue weighted by Crippen LogP contribution is 2.23. The first-order valence-electron chi connectivity index (χ1n) is 6.95.